The van der Waals surface area contributed by atoms with Crippen molar-refractivity contribution in [2.75, 3.05) is 32.9 Å². The van der Waals surface area contributed by atoms with Gasteiger partial charge in [-0.1, -0.05) is 35.4 Å². The lowest BCUT2D eigenvalue weighted by atomic mass is 9.85. The van der Waals surface area contributed by atoms with E-state index in [4.69, 9.17) is 32.7 Å². The maximum absolute atomic E-state index is 12.7. The summed E-state index contributed by atoms with van der Waals surface area (Å²) >= 11 is 12.6. The van der Waals surface area contributed by atoms with Gasteiger partial charge in [-0.05, 0) is 36.0 Å². The van der Waals surface area contributed by atoms with Crippen LogP contribution in [0.5, 0.6) is 5.75 Å². The van der Waals surface area contributed by atoms with Crippen LogP contribution in [0.25, 0.3) is 0 Å². The van der Waals surface area contributed by atoms with Crippen molar-refractivity contribution in [2.24, 2.45) is 28.8 Å². The topological polar surface area (TPSA) is 88.5 Å². The number of benzene rings is 1. The van der Waals surface area contributed by atoms with Crippen molar-refractivity contribution in [3.05, 3.63) is 39.9 Å². The van der Waals surface area contributed by atoms with Gasteiger partial charge in [0.1, 0.15) is 0 Å². The molecule has 2 aliphatic heterocycles. The van der Waals surface area contributed by atoms with Crippen LogP contribution in [0.15, 0.2) is 29.4 Å². The molecule has 32 heavy (non-hydrogen) atoms. The Balaban J connectivity index is 1.25. The number of imide groups is 1. The van der Waals surface area contributed by atoms with E-state index in [2.05, 4.69) is 5.10 Å². The van der Waals surface area contributed by atoms with Crippen LogP contribution in [-0.2, 0) is 19.1 Å². The summed E-state index contributed by atoms with van der Waals surface area (Å²) in [7, 11) is 0. The molecule has 0 radical (unpaired) electrons. The normalized spacial score (nSPS) is 28.8. The van der Waals surface area contributed by atoms with Crippen LogP contribution in [0.1, 0.15) is 12.0 Å². The van der Waals surface area contributed by atoms with E-state index in [1.54, 1.807) is 17.0 Å². The standard InChI is InChI=1S/C22H21Cl2N3O5/c23-15-7-12(8-16(24)20(15)32-11-17(28)26-3-5-31-6-4-26)10-25-27-21(29)18-13-1-2-14(9-13)19(18)22(27)30/h1-2,7-8,10,13-14,18-19H,3-6,9,11H2. The van der Waals surface area contributed by atoms with Gasteiger partial charge in [0.15, 0.2) is 12.4 Å². The van der Waals surface area contributed by atoms with Gasteiger partial charge in [-0.25, -0.2) is 0 Å². The minimum Gasteiger partial charge on any atom is -0.481 e. The maximum atomic E-state index is 12.7. The summed E-state index contributed by atoms with van der Waals surface area (Å²) in [4.78, 5) is 39.4. The molecule has 4 atom stereocenters. The third-order valence-electron chi connectivity index (χ3n) is 6.49. The van der Waals surface area contributed by atoms with Gasteiger partial charge in [-0.15, -0.1) is 0 Å². The number of hydrazone groups is 1. The number of carbonyl (C=O) groups excluding carboxylic acids is 3. The Kier molecular flexibility index (Phi) is 5.69. The van der Waals surface area contributed by atoms with Crippen LogP contribution in [0.2, 0.25) is 10.0 Å². The Morgan fingerprint density at radius 2 is 1.69 bits per heavy atom. The smallest absolute Gasteiger partial charge is 0.260 e. The monoisotopic (exact) mass is 477 g/mol. The van der Waals surface area contributed by atoms with E-state index in [1.807, 2.05) is 12.2 Å². The average molecular weight is 478 g/mol. The van der Waals surface area contributed by atoms with Crippen molar-refractivity contribution in [2.45, 2.75) is 6.42 Å². The zero-order valence-electron chi connectivity index (χ0n) is 17.1. The van der Waals surface area contributed by atoms with Gasteiger partial charge in [0.25, 0.3) is 17.7 Å². The quantitative estimate of drug-likeness (QED) is 0.369. The third-order valence-corrected chi connectivity index (χ3v) is 7.06. The molecule has 2 bridgehead atoms. The number of hydrogen-bond donors (Lipinski definition) is 0. The van der Waals surface area contributed by atoms with Gasteiger partial charge in [0.05, 0.1) is 41.3 Å². The van der Waals surface area contributed by atoms with Crippen LogP contribution in [0.3, 0.4) is 0 Å². The fourth-order valence-electron chi connectivity index (χ4n) is 4.95. The van der Waals surface area contributed by atoms with E-state index in [-0.39, 0.29) is 63.8 Å². The Labute approximate surface area is 194 Å². The number of amides is 3. The summed E-state index contributed by atoms with van der Waals surface area (Å²) in [5, 5.41) is 5.50. The maximum Gasteiger partial charge on any atom is 0.260 e. The molecule has 1 saturated carbocycles. The van der Waals surface area contributed by atoms with Crippen LogP contribution in [0.4, 0.5) is 0 Å². The second-order valence-electron chi connectivity index (χ2n) is 8.33. The van der Waals surface area contributed by atoms with Gasteiger partial charge in [-0.2, -0.15) is 10.1 Å². The van der Waals surface area contributed by atoms with Crippen LogP contribution in [-0.4, -0.2) is 66.8 Å². The minimum absolute atomic E-state index is 0.127. The van der Waals surface area contributed by atoms with Crippen molar-refractivity contribution < 1.29 is 23.9 Å². The molecule has 5 rings (SSSR count). The highest BCUT2D eigenvalue weighted by Crippen LogP contribution is 2.52. The van der Waals surface area contributed by atoms with E-state index in [0.29, 0.717) is 31.9 Å². The fourth-order valence-corrected chi connectivity index (χ4v) is 5.57. The molecule has 4 aliphatic rings. The highest BCUT2D eigenvalue weighted by molar-refractivity contribution is 6.37. The molecule has 0 spiro atoms. The van der Waals surface area contributed by atoms with Crippen molar-refractivity contribution in [3.8, 4) is 5.75 Å². The molecule has 0 N–H and O–H groups in total. The second-order valence-corrected chi connectivity index (χ2v) is 9.14. The first kappa shape index (κ1) is 21.4. The van der Waals surface area contributed by atoms with Crippen LogP contribution >= 0.6 is 23.2 Å². The van der Waals surface area contributed by atoms with Gasteiger partial charge >= 0.3 is 0 Å². The van der Waals surface area contributed by atoms with E-state index < -0.39 is 0 Å². The largest absolute Gasteiger partial charge is 0.481 e. The van der Waals surface area contributed by atoms with E-state index in [9.17, 15) is 14.4 Å². The number of fused-ring (bicyclic) bond motifs is 5. The van der Waals surface area contributed by atoms with Gasteiger partial charge < -0.3 is 14.4 Å². The Morgan fingerprint density at radius 3 is 2.28 bits per heavy atom. The molecule has 1 aromatic rings. The summed E-state index contributed by atoms with van der Waals surface area (Å²) in [6.07, 6.45) is 6.32. The van der Waals surface area contributed by atoms with Gasteiger partial charge in [0, 0.05) is 13.1 Å². The Bertz CT molecular complexity index is 983. The first-order valence-corrected chi connectivity index (χ1v) is 11.3. The lowest BCUT2D eigenvalue weighted by molar-refractivity contribution is -0.140. The molecule has 2 heterocycles. The molecule has 10 heteroatoms. The van der Waals surface area contributed by atoms with E-state index in [1.165, 1.54) is 6.21 Å². The number of rotatable bonds is 5. The fraction of sp³-hybridized carbons (Fsp3) is 0.455. The highest BCUT2D eigenvalue weighted by atomic mass is 35.5. The second kappa shape index (κ2) is 8.50. The minimum atomic E-state index is -0.304. The summed E-state index contributed by atoms with van der Waals surface area (Å²) in [6.45, 7) is 1.85. The predicted octanol–water partition coefficient (Wildman–Crippen LogP) is 2.37. The number of carbonyl (C=O) groups is 3. The lowest BCUT2D eigenvalue weighted by Crippen LogP contribution is -2.43. The summed E-state index contributed by atoms with van der Waals surface area (Å²) in [5.41, 5.74) is 0.505. The number of allylic oxidation sites excluding steroid dienone is 2. The molecule has 0 aromatic heterocycles. The zero-order valence-corrected chi connectivity index (χ0v) is 18.6. The molecule has 4 unspecified atom stereocenters. The van der Waals surface area contributed by atoms with E-state index >= 15 is 0 Å². The number of nitrogens with zero attached hydrogens (tertiary/aromatic N) is 3. The van der Waals surface area contributed by atoms with Gasteiger partial charge in [-0.3, -0.25) is 14.4 Å². The number of hydrogen-bond acceptors (Lipinski definition) is 6. The summed E-state index contributed by atoms with van der Waals surface area (Å²) in [6, 6.07) is 3.12. The molecule has 2 saturated heterocycles. The predicted molar refractivity (Wildman–Crippen MR) is 117 cm³/mol. The molecule has 3 fully saturated rings. The van der Waals surface area contributed by atoms with Crippen LogP contribution in [0, 0.1) is 23.7 Å². The number of ether oxygens (including phenoxy) is 2. The lowest BCUT2D eigenvalue weighted by Gasteiger charge is -2.26. The van der Waals surface area contributed by atoms with Crippen LogP contribution < -0.4 is 4.74 Å². The van der Waals surface area contributed by atoms with Crippen molar-refractivity contribution in [3.63, 3.8) is 0 Å². The molecule has 2 aliphatic carbocycles. The first-order valence-electron chi connectivity index (χ1n) is 10.5. The molecule has 168 valence electrons. The zero-order chi connectivity index (χ0) is 22.4. The molecular weight excluding hydrogens is 457 g/mol. The third kappa shape index (κ3) is 3.70. The van der Waals surface area contributed by atoms with Crippen molar-refractivity contribution >= 4 is 47.1 Å². The molecular formula is C22H21Cl2N3O5. The summed E-state index contributed by atoms with van der Waals surface area (Å²) < 4.78 is 10.8. The first-order chi connectivity index (χ1) is 15.4. The molecule has 1 aromatic carbocycles. The Hall–Kier alpha value is -2.42. The summed E-state index contributed by atoms with van der Waals surface area (Å²) in [5.74, 6) is -0.852. The average Bonchev–Trinajstić information content (AvgIpc) is 3.46. The number of morpholine rings is 1. The molecule has 8 nitrogen and oxygen atoms in total. The SMILES string of the molecule is O=C(COc1c(Cl)cc(C=NN2C(=O)C3C4C=CC(C4)C3C2=O)cc1Cl)N1CCOCC1. The van der Waals surface area contributed by atoms with Crippen molar-refractivity contribution in [1.29, 1.82) is 0 Å². The van der Waals surface area contributed by atoms with E-state index in [0.717, 1.165) is 11.4 Å². The number of halogens is 2. The van der Waals surface area contributed by atoms with Gasteiger partial charge in [0.2, 0.25) is 0 Å². The highest BCUT2D eigenvalue weighted by Gasteiger charge is 2.59. The molecule has 3 amide bonds. The Morgan fingerprint density at radius 1 is 1.09 bits per heavy atom. The van der Waals surface area contributed by atoms with Crippen molar-refractivity contribution in [1.82, 2.24) is 9.91 Å².